The van der Waals surface area contributed by atoms with Crippen molar-refractivity contribution in [3.8, 4) is 0 Å². The summed E-state index contributed by atoms with van der Waals surface area (Å²) in [5, 5.41) is 6.45. The zero-order valence-electron chi connectivity index (χ0n) is 13.7. The molecule has 124 valence electrons. The Balaban J connectivity index is 1.71. The first-order chi connectivity index (χ1) is 10.9. The molecule has 2 aliphatic rings. The molecule has 4 nitrogen and oxygen atoms in total. The number of aryl methyl sites for hydroxylation is 2. The van der Waals surface area contributed by atoms with E-state index >= 15 is 0 Å². The van der Waals surface area contributed by atoms with Gasteiger partial charge in [0, 0.05) is 6.04 Å². The van der Waals surface area contributed by atoms with E-state index in [1.807, 2.05) is 26.0 Å². The second-order valence-electron chi connectivity index (χ2n) is 6.93. The number of halogens is 1. The topological polar surface area (TPSA) is 58.2 Å². The fraction of sp³-hybridized carbons (Fsp3) is 0.556. The number of benzene rings is 1. The van der Waals surface area contributed by atoms with Crippen LogP contribution in [0.4, 0.5) is 5.69 Å². The van der Waals surface area contributed by atoms with Gasteiger partial charge >= 0.3 is 0 Å². The molecule has 3 rings (SSSR count). The van der Waals surface area contributed by atoms with E-state index in [1.54, 1.807) is 0 Å². The summed E-state index contributed by atoms with van der Waals surface area (Å²) in [5.74, 6) is -0.357. The summed E-state index contributed by atoms with van der Waals surface area (Å²) in [6.07, 6.45) is 5.57. The molecule has 1 aromatic rings. The Morgan fingerprint density at radius 1 is 1.13 bits per heavy atom. The number of anilines is 1. The monoisotopic (exact) mass is 334 g/mol. The third-order valence-corrected chi connectivity index (χ3v) is 5.28. The van der Waals surface area contributed by atoms with E-state index in [9.17, 15) is 9.59 Å². The van der Waals surface area contributed by atoms with Crippen LogP contribution in [0.2, 0.25) is 5.02 Å². The second-order valence-corrected chi connectivity index (χ2v) is 7.34. The van der Waals surface area contributed by atoms with Gasteiger partial charge < -0.3 is 10.6 Å². The number of hydrogen-bond donors (Lipinski definition) is 2. The Morgan fingerprint density at radius 2 is 1.78 bits per heavy atom. The molecule has 0 heterocycles. The van der Waals surface area contributed by atoms with Gasteiger partial charge in [0.25, 0.3) is 0 Å². The molecule has 2 fully saturated rings. The van der Waals surface area contributed by atoms with Crippen molar-refractivity contribution in [2.45, 2.75) is 58.4 Å². The molecule has 0 aromatic heterocycles. The molecule has 2 N–H and O–H groups in total. The number of carbonyl (C=O) groups is 2. The van der Waals surface area contributed by atoms with Gasteiger partial charge in [-0.2, -0.15) is 0 Å². The summed E-state index contributed by atoms with van der Waals surface area (Å²) >= 11 is 6.25. The lowest BCUT2D eigenvalue weighted by Gasteiger charge is -2.20. The first-order valence-corrected chi connectivity index (χ1v) is 8.69. The van der Waals surface area contributed by atoms with Crippen LogP contribution in [0.25, 0.3) is 0 Å². The molecule has 1 aromatic carbocycles. The van der Waals surface area contributed by atoms with Crippen molar-refractivity contribution in [1.29, 1.82) is 0 Å². The summed E-state index contributed by atoms with van der Waals surface area (Å²) < 4.78 is 0. The van der Waals surface area contributed by atoms with Crippen molar-refractivity contribution in [2.75, 3.05) is 5.32 Å². The van der Waals surface area contributed by atoms with Crippen molar-refractivity contribution in [3.63, 3.8) is 0 Å². The Kier molecular flexibility index (Phi) is 4.37. The zero-order chi connectivity index (χ0) is 16.6. The van der Waals surface area contributed by atoms with E-state index in [0.717, 1.165) is 36.8 Å². The van der Waals surface area contributed by atoms with Crippen LogP contribution in [0.1, 0.15) is 49.7 Å². The molecule has 23 heavy (non-hydrogen) atoms. The fourth-order valence-corrected chi connectivity index (χ4v) is 3.75. The molecule has 5 heteroatoms. The summed E-state index contributed by atoms with van der Waals surface area (Å²) in [4.78, 5) is 25.2. The first-order valence-electron chi connectivity index (χ1n) is 8.31. The van der Waals surface area contributed by atoms with Crippen molar-refractivity contribution in [2.24, 2.45) is 5.41 Å². The minimum Gasteiger partial charge on any atom is -0.352 e. The molecule has 0 saturated heterocycles. The number of nitrogens with one attached hydrogen (secondary N) is 2. The van der Waals surface area contributed by atoms with Crippen LogP contribution in [0.3, 0.4) is 0 Å². The van der Waals surface area contributed by atoms with Crippen molar-refractivity contribution < 1.29 is 9.59 Å². The summed E-state index contributed by atoms with van der Waals surface area (Å²) in [6, 6.07) is 4.03. The van der Waals surface area contributed by atoms with E-state index < -0.39 is 5.41 Å². The highest BCUT2D eigenvalue weighted by atomic mass is 35.5. The van der Waals surface area contributed by atoms with Gasteiger partial charge in [-0.05, 0) is 56.7 Å². The summed E-state index contributed by atoms with van der Waals surface area (Å²) in [5.41, 5.74) is 1.67. The molecule has 0 spiro atoms. The van der Waals surface area contributed by atoms with Crippen LogP contribution in [-0.2, 0) is 9.59 Å². The molecular formula is C18H23ClN2O2. The van der Waals surface area contributed by atoms with E-state index in [-0.39, 0.29) is 17.9 Å². The minimum absolute atomic E-state index is 0.122. The number of rotatable bonds is 4. The maximum Gasteiger partial charge on any atom is 0.240 e. The standard InChI is InChI=1S/C18H23ClN2O2/c1-11-9-12(2)15(14(19)10-11)21-17(23)18(7-8-18)16(22)20-13-5-3-4-6-13/h9-10,13H,3-8H2,1-2H3,(H,20,22)(H,21,23). The van der Waals surface area contributed by atoms with Crippen LogP contribution < -0.4 is 10.6 Å². The zero-order valence-corrected chi connectivity index (χ0v) is 14.4. The van der Waals surface area contributed by atoms with Crippen molar-refractivity contribution in [3.05, 3.63) is 28.3 Å². The van der Waals surface area contributed by atoms with E-state index in [4.69, 9.17) is 11.6 Å². The highest BCUT2D eigenvalue weighted by molar-refractivity contribution is 6.34. The Labute approximate surface area is 142 Å². The fourth-order valence-electron chi connectivity index (χ4n) is 3.38. The first kappa shape index (κ1) is 16.3. The van der Waals surface area contributed by atoms with Crippen LogP contribution in [0.5, 0.6) is 0 Å². The van der Waals surface area contributed by atoms with Gasteiger partial charge in [0.1, 0.15) is 5.41 Å². The third-order valence-electron chi connectivity index (χ3n) is 4.98. The lowest BCUT2D eigenvalue weighted by molar-refractivity contribution is -0.134. The normalized spacial score (nSPS) is 19.4. The molecular weight excluding hydrogens is 312 g/mol. The maximum absolute atomic E-state index is 12.7. The van der Waals surface area contributed by atoms with Gasteiger partial charge in [0.15, 0.2) is 0 Å². The lowest BCUT2D eigenvalue weighted by Crippen LogP contribution is -2.43. The minimum atomic E-state index is -0.900. The summed E-state index contributed by atoms with van der Waals surface area (Å²) in [7, 11) is 0. The quantitative estimate of drug-likeness (QED) is 0.824. The maximum atomic E-state index is 12.7. The average Bonchev–Trinajstić information content (AvgIpc) is 3.15. The molecule has 2 amide bonds. The van der Waals surface area contributed by atoms with Gasteiger partial charge in [0.2, 0.25) is 11.8 Å². The Hall–Kier alpha value is -1.55. The molecule has 0 unspecified atom stereocenters. The predicted molar refractivity (Wildman–Crippen MR) is 91.6 cm³/mol. The highest BCUT2D eigenvalue weighted by Gasteiger charge is 2.57. The second kappa shape index (κ2) is 6.16. The van der Waals surface area contributed by atoms with Crippen LogP contribution in [-0.4, -0.2) is 17.9 Å². The number of carbonyl (C=O) groups excluding carboxylic acids is 2. The van der Waals surface area contributed by atoms with Crippen LogP contribution in [0.15, 0.2) is 12.1 Å². The van der Waals surface area contributed by atoms with Crippen LogP contribution in [0, 0.1) is 19.3 Å². The van der Waals surface area contributed by atoms with E-state index in [2.05, 4.69) is 10.6 Å². The van der Waals surface area contributed by atoms with Gasteiger partial charge in [0.05, 0.1) is 10.7 Å². The third kappa shape index (κ3) is 3.23. The van der Waals surface area contributed by atoms with E-state index in [0.29, 0.717) is 23.6 Å². The molecule has 0 bridgehead atoms. The molecule has 0 radical (unpaired) electrons. The molecule has 2 saturated carbocycles. The number of amides is 2. The number of hydrogen-bond acceptors (Lipinski definition) is 2. The van der Waals surface area contributed by atoms with Crippen molar-refractivity contribution in [1.82, 2.24) is 5.32 Å². The predicted octanol–water partition coefficient (Wildman–Crippen LogP) is 3.73. The van der Waals surface area contributed by atoms with Gasteiger partial charge in [-0.3, -0.25) is 9.59 Å². The van der Waals surface area contributed by atoms with Crippen LogP contribution >= 0.6 is 11.6 Å². The molecule has 0 atom stereocenters. The SMILES string of the molecule is Cc1cc(C)c(NC(=O)C2(C(=O)NC3CCCC3)CC2)c(Cl)c1. The van der Waals surface area contributed by atoms with Gasteiger partial charge in [-0.15, -0.1) is 0 Å². The largest absolute Gasteiger partial charge is 0.352 e. The van der Waals surface area contributed by atoms with Gasteiger partial charge in [-0.25, -0.2) is 0 Å². The molecule has 2 aliphatic carbocycles. The highest BCUT2D eigenvalue weighted by Crippen LogP contribution is 2.47. The Morgan fingerprint density at radius 3 is 2.35 bits per heavy atom. The summed E-state index contributed by atoms with van der Waals surface area (Å²) in [6.45, 7) is 3.87. The van der Waals surface area contributed by atoms with Crippen molar-refractivity contribution >= 4 is 29.1 Å². The lowest BCUT2D eigenvalue weighted by atomic mass is 10.0. The Bertz CT molecular complexity index is 623. The average molecular weight is 335 g/mol. The van der Waals surface area contributed by atoms with Gasteiger partial charge in [-0.1, -0.05) is 30.5 Å². The van der Waals surface area contributed by atoms with E-state index in [1.165, 1.54) is 0 Å². The molecule has 0 aliphatic heterocycles. The smallest absolute Gasteiger partial charge is 0.240 e.